The Balaban J connectivity index is 1.38. The summed E-state index contributed by atoms with van der Waals surface area (Å²) >= 11 is 0. The number of rotatable bonds is 11. The first-order valence-corrected chi connectivity index (χ1v) is 11.2. The number of anilines is 3. The highest BCUT2D eigenvalue weighted by Gasteiger charge is 2.06. The summed E-state index contributed by atoms with van der Waals surface area (Å²) in [7, 11) is 0. The summed E-state index contributed by atoms with van der Waals surface area (Å²) < 4.78 is 5.65. The second-order valence-electron chi connectivity index (χ2n) is 8.24. The Kier molecular flexibility index (Phi) is 8.88. The van der Waals surface area contributed by atoms with E-state index in [1.54, 1.807) is 0 Å². The van der Waals surface area contributed by atoms with Gasteiger partial charge in [-0.2, -0.15) is 0 Å². The third-order valence-electron chi connectivity index (χ3n) is 4.83. The first-order chi connectivity index (χ1) is 16.0. The normalized spacial score (nSPS) is 10.5. The van der Waals surface area contributed by atoms with Crippen molar-refractivity contribution in [1.82, 2.24) is 0 Å². The quantitative estimate of drug-likeness (QED) is 0.372. The van der Waals surface area contributed by atoms with E-state index >= 15 is 0 Å². The maximum absolute atomic E-state index is 12.2. The van der Waals surface area contributed by atoms with Gasteiger partial charge in [0.2, 0.25) is 11.8 Å². The van der Waals surface area contributed by atoms with Crippen LogP contribution in [-0.4, -0.2) is 25.0 Å². The number of hydrogen-bond acceptors (Lipinski definition) is 4. The molecule has 0 aliphatic carbocycles. The molecule has 0 aliphatic heterocycles. The smallest absolute Gasteiger partial charge is 0.243 e. The standard InChI is InChI=1S/C27H31N3O3/c1-20(2)19-33-25-15-13-24(14-16-25)30-27(32)18-28-22-9-11-23(12-10-22)29-26(31)17-8-21-6-4-3-5-7-21/h3-7,9-16,20,28H,8,17-19H2,1-2H3,(H,29,31)(H,30,32). The van der Waals surface area contributed by atoms with Crippen molar-refractivity contribution in [3.63, 3.8) is 0 Å². The third kappa shape index (κ3) is 8.69. The monoisotopic (exact) mass is 445 g/mol. The molecule has 0 spiro atoms. The van der Waals surface area contributed by atoms with Crippen molar-refractivity contribution >= 4 is 28.9 Å². The Morgan fingerprint density at radius 1 is 0.758 bits per heavy atom. The van der Waals surface area contributed by atoms with Crippen LogP contribution in [0.3, 0.4) is 0 Å². The molecular weight excluding hydrogens is 414 g/mol. The minimum Gasteiger partial charge on any atom is -0.493 e. The van der Waals surface area contributed by atoms with Crippen LogP contribution in [0, 0.1) is 5.92 Å². The number of aryl methyl sites for hydroxylation is 1. The maximum Gasteiger partial charge on any atom is 0.243 e. The van der Waals surface area contributed by atoms with E-state index in [9.17, 15) is 9.59 Å². The van der Waals surface area contributed by atoms with Gasteiger partial charge in [0.1, 0.15) is 5.75 Å². The molecular formula is C27H31N3O3. The fourth-order valence-electron chi connectivity index (χ4n) is 3.08. The van der Waals surface area contributed by atoms with E-state index in [0.29, 0.717) is 31.1 Å². The van der Waals surface area contributed by atoms with Crippen molar-refractivity contribution in [2.45, 2.75) is 26.7 Å². The number of carbonyl (C=O) groups excluding carboxylic acids is 2. The van der Waals surface area contributed by atoms with Crippen LogP contribution in [0.2, 0.25) is 0 Å². The lowest BCUT2D eigenvalue weighted by Crippen LogP contribution is -2.21. The Morgan fingerprint density at radius 3 is 1.97 bits per heavy atom. The van der Waals surface area contributed by atoms with Gasteiger partial charge in [-0.05, 0) is 66.4 Å². The number of carbonyl (C=O) groups is 2. The lowest BCUT2D eigenvalue weighted by Gasteiger charge is -2.11. The lowest BCUT2D eigenvalue weighted by molar-refractivity contribution is -0.116. The fourth-order valence-corrected chi connectivity index (χ4v) is 3.08. The summed E-state index contributed by atoms with van der Waals surface area (Å²) in [6.45, 7) is 4.98. The number of hydrogen-bond donors (Lipinski definition) is 3. The average molecular weight is 446 g/mol. The predicted molar refractivity (Wildman–Crippen MR) is 134 cm³/mol. The van der Waals surface area contributed by atoms with Crippen LogP contribution < -0.4 is 20.7 Å². The van der Waals surface area contributed by atoms with E-state index < -0.39 is 0 Å². The van der Waals surface area contributed by atoms with Crippen molar-refractivity contribution in [2.24, 2.45) is 5.92 Å². The lowest BCUT2D eigenvalue weighted by atomic mass is 10.1. The minimum atomic E-state index is -0.149. The second-order valence-corrected chi connectivity index (χ2v) is 8.24. The third-order valence-corrected chi connectivity index (χ3v) is 4.83. The first kappa shape index (κ1) is 23.9. The van der Waals surface area contributed by atoms with E-state index in [0.717, 1.165) is 22.7 Å². The SMILES string of the molecule is CC(C)COc1ccc(NC(=O)CNc2ccc(NC(=O)CCc3ccccc3)cc2)cc1. The molecule has 6 heteroatoms. The molecule has 33 heavy (non-hydrogen) atoms. The molecule has 0 atom stereocenters. The summed E-state index contributed by atoms with van der Waals surface area (Å²) in [5.74, 6) is 1.07. The van der Waals surface area contributed by atoms with E-state index in [2.05, 4.69) is 29.8 Å². The number of benzene rings is 3. The Hall–Kier alpha value is -3.80. The molecule has 0 saturated heterocycles. The largest absolute Gasteiger partial charge is 0.493 e. The summed E-state index contributed by atoms with van der Waals surface area (Å²) in [4.78, 5) is 24.4. The fraction of sp³-hybridized carbons (Fsp3) is 0.259. The summed E-state index contributed by atoms with van der Waals surface area (Å²) in [6.07, 6.45) is 1.13. The van der Waals surface area contributed by atoms with Gasteiger partial charge < -0.3 is 20.7 Å². The molecule has 3 N–H and O–H groups in total. The van der Waals surface area contributed by atoms with Crippen molar-refractivity contribution in [2.75, 3.05) is 29.1 Å². The van der Waals surface area contributed by atoms with Gasteiger partial charge in [0.25, 0.3) is 0 Å². The van der Waals surface area contributed by atoms with Crippen LogP contribution in [0.5, 0.6) is 5.75 Å². The maximum atomic E-state index is 12.2. The average Bonchev–Trinajstić information content (AvgIpc) is 2.82. The second kappa shape index (κ2) is 12.3. The molecule has 6 nitrogen and oxygen atoms in total. The topological polar surface area (TPSA) is 79.5 Å². The highest BCUT2D eigenvalue weighted by molar-refractivity contribution is 5.94. The summed E-state index contributed by atoms with van der Waals surface area (Å²) in [5, 5.41) is 8.84. The molecule has 3 aromatic carbocycles. The molecule has 172 valence electrons. The zero-order valence-electron chi connectivity index (χ0n) is 19.1. The molecule has 0 radical (unpaired) electrons. The molecule has 0 aliphatic rings. The molecule has 3 aromatic rings. The number of ether oxygens (including phenoxy) is 1. The Labute approximate surface area is 195 Å². The Morgan fingerprint density at radius 2 is 1.33 bits per heavy atom. The van der Waals surface area contributed by atoms with E-state index in [1.165, 1.54) is 0 Å². The zero-order chi connectivity index (χ0) is 23.5. The van der Waals surface area contributed by atoms with Crippen molar-refractivity contribution in [1.29, 1.82) is 0 Å². The highest BCUT2D eigenvalue weighted by Crippen LogP contribution is 2.17. The van der Waals surface area contributed by atoms with Gasteiger partial charge in [-0.1, -0.05) is 44.2 Å². The van der Waals surface area contributed by atoms with E-state index in [4.69, 9.17) is 4.74 Å². The Bertz CT molecular complexity index is 1020. The van der Waals surface area contributed by atoms with Gasteiger partial charge in [0, 0.05) is 23.5 Å². The zero-order valence-corrected chi connectivity index (χ0v) is 19.1. The first-order valence-electron chi connectivity index (χ1n) is 11.2. The summed E-state index contributed by atoms with van der Waals surface area (Å²) in [6, 6.07) is 24.6. The van der Waals surface area contributed by atoms with E-state index in [1.807, 2.05) is 78.9 Å². The van der Waals surface area contributed by atoms with Gasteiger partial charge >= 0.3 is 0 Å². The molecule has 0 unspecified atom stereocenters. The van der Waals surface area contributed by atoms with Gasteiger partial charge in [-0.3, -0.25) is 9.59 Å². The van der Waals surface area contributed by atoms with Crippen molar-refractivity contribution in [3.8, 4) is 5.75 Å². The number of nitrogens with one attached hydrogen (secondary N) is 3. The van der Waals surface area contributed by atoms with Gasteiger partial charge in [-0.15, -0.1) is 0 Å². The highest BCUT2D eigenvalue weighted by atomic mass is 16.5. The van der Waals surface area contributed by atoms with Gasteiger partial charge in [0.15, 0.2) is 0 Å². The van der Waals surface area contributed by atoms with Crippen LogP contribution >= 0.6 is 0 Å². The van der Waals surface area contributed by atoms with Crippen LogP contribution in [0.1, 0.15) is 25.8 Å². The van der Waals surface area contributed by atoms with Gasteiger partial charge in [0.05, 0.1) is 13.2 Å². The van der Waals surface area contributed by atoms with Gasteiger partial charge in [-0.25, -0.2) is 0 Å². The molecule has 0 heterocycles. The predicted octanol–water partition coefficient (Wildman–Crippen LogP) is 5.34. The van der Waals surface area contributed by atoms with Crippen LogP contribution in [0.25, 0.3) is 0 Å². The minimum absolute atomic E-state index is 0.0282. The van der Waals surface area contributed by atoms with Crippen LogP contribution in [0.15, 0.2) is 78.9 Å². The van der Waals surface area contributed by atoms with Crippen LogP contribution in [0.4, 0.5) is 17.1 Å². The molecule has 0 saturated carbocycles. The molecule has 3 rings (SSSR count). The van der Waals surface area contributed by atoms with Crippen molar-refractivity contribution < 1.29 is 14.3 Å². The van der Waals surface area contributed by atoms with E-state index in [-0.39, 0.29) is 18.4 Å². The number of amides is 2. The summed E-state index contributed by atoms with van der Waals surface area (Å²) in [5.41, 5.74) is 3.38. The van der Waals surface area contributed by atoms with Crippen LogP contribution in [-0.2, 0) is 16.0 Å². The molecule has 0 aromatic heterocycles. The molecule has 0 bridgehead atoms. The van der Waals surface area contributed by atoms with Crippen molar-refractivity contribution in [3.05, 3.63) is 84.4 Å². The molecule has 2 amide bonds. The molecule has 0 fully saturated rings.